The summed E-state index contributed by atoms with van der Waals surface area (Å²) in [6, 6.07) is 9.37. The van der Waals surface area contributed by atoms with Crippen molar-refractivity contribution in [2.75, 3.05) is 6.54 Å². The third kappa shape index (κ3) is 3.71. The molecule has 0 bridgehead atoms. The van der Waals surface area contributed by atoms with E-state index in [9.17, 15) is 14.4 Å². The summed E-state index contributed by atoms with van der Waals surface area (Å²) in [7, 11) is 0. The summed E-state index contributed by atoms with van der Waals surface area (Å²) in [4.78, 5) is 45.3. The maximum Gasteiger partial charge on any atom is 0.255 e. The van der Waals surface area contributed by atoms with Gasteiger partial charge in [0.25, 0.3) is 5.91 Å². The number of nitrogens with one attached hydrogen (secondary N) is 1. The highest BCUT2D eigenvalue weighted by Crippen LogP contribution is 2.32. The van der Waals surface area contributed by atoms with Gasteiger partial charge in [-0.15, -0.1) is 0 Å². The predicted molar refractivity (Wildman–Crippen MR) is 119 cm³/mol. The van der Waals surface area contributed by atoms with Crippen molar-refractivity contribution in [3.63, 3.8) is 0 Å². The Kier molecular flexibility index (Phi) is 5.08. The van der Waals surface area contributed by atoms with Crippen LogP contribution < -0.4 is 5.32 Å². The van der Waals surface area contributed by atoms with Crippen LogP contribution in [0.15, 0.2) is 36.5 Å². The molecule has 2 aromatic rings. The zero-order valence-electron chi connectivity index (χ0n) is 18.6. The summed E-state index contributed by atoms with van der Waals surface area (Å²) in [5.41, 5.74) is 4.81. The molecule has 4 heterocycles. The smallest absolute Gasteiger partial charge is 0.255 e. The Hall–Kier alpha value is -3.06. The number of fused-ring (bicyclic) bond motifs is 1. The Morgan fingerprint density at radius 3 is 2.75 bits per heavy atom. The number of carbonyl (C=O) groups is 3. The summed E-state index contributed by atoms with van der Waals surface area (Å²) < 4.78 is 0. The van der Waals surface area contributed by atoms with Crippen molar-refractivity contribution >= 4 is 17.7 Å². The monoisotopic (exact) mass is 432 g/mol. The van der Waals surface area contributed by atoms with Gasteiger partial charge in [-0.05, 0) is 75.0 Å². The summed E-state index contributed by atoms with van der Waals surface area (Å²) in [6.07, 6.45) is 4.92. The Labute approximate surface area is 187 Å². The largest absolute Gasteiger partial charge is 0.322 e. The number of hydrogen-bond donors (Lipinski definition) is 1. The molecular weight excluding hydrogens is 404 g/mol. The van der Waals surface area contributed by atoms with Gasteiger partial charge in [0.1, 0.15) is 6.04 Å². The average molecular weight is 433 g/mol. The zero-order valence-corrected chi connectivity index (χ0v) is 18.6. The predicted octanol–water partition coefficient (Wildman–Crippen LogP) is 2.88. The van der Waals surface area contributed by atoms with Crippen LogP contribution in [0.25, 0.3) is 11.3 Å². The van der Waals surface area contributed by atoms with Crippen LogP contribution in [0.3, 0.4) is 0 Å². The van der Waals surface area contributed by atoms with Crippen molar-refractivity contribution in [1.29, 1.82) is 0 Å². The lowest BCUT2D eigenvalue weighted by Crippen LogP contribution is -2.52. The quantitative estimate of drug-likeness (QED) is 0.752. The van der Waals surface area contributed by atoms with Crippen LogP contribution in [-0.2, 0) is 22.7 Å². The molecule has 1 unspecified atom stereocenters. The van der Waals surface area contributed by atoms with Gasteiger partial charge in [-0.1, -0.05) is 6.07 Å². The second-order valence-corrected chi connectivity index (χ2v) is 9.66. The highest BCUT2D eigenvalue weighted by Gasteiger charge is 2.39. The summed E-state index contributed by atoms with van der Waals surface area (Å²) >= 11 is 0. The third-order valence-electron chi connectivity index (χ3n) is 7.09. The summed E-state index contributed by atoms with van der Waals surface area (Å²) in [5, 5.41) is 2.35. The van der Waals surface area contributed by atoms with E-state index in [4.69, 9.17) is 0 Å². The molecule has 2 saturated heterocycles. The number of rotatable bonds is 4. The zero-order chi connectivity index (χ0) is 22.5. The Balaban J connectivity index is 1.36. The van der Waals surface area contributed by atoms with E-state index in [1.165, 1.54) is 18.4 Å². The van der Waals surface area contributed by atoms with Crippen LogP contribution in [0.4, 0.5) is 0 Å². The van der Waals surface area contributed by atoms with Gasteiger partial charge in [0.05, 0.1) is 5.69 Å². The minimum Gasteiger partial charge on any atom is -0.322 e. The molecule has 1 aromatic carbocycles. The van der Waals surface area contributed by atoms with Gasteiger partial charge in [0.2, 0.25) is 11.8 Å². The van der Waals surface area contributed by atoms with Gasteiger partial charge in [0.15, 0.2) is 0 Å². The van der Waals surface area contributed by atoms with Gasteiger partial charge in [-0.25, -0.2) is 0 Å². The first-order valence-electron chi connectivity index (χ1n) is 11.3. The van der Waals surface area contributed by atoms with E-state index < -0.39 is 6.04 Å². The number of carbonyl (C=O) groups excluding carboxylic acids is 3. The molecule has 7 heteroatoms. The number of amides is 3. The second-order valence-electron chi connectivity index (χ2n) is 9.66. The van der Waals surface area contributed by atoms with Gasteiger partial charge < -0.3 is 4.90 Å². The number of likely N-dealkylation sites (tertiary alicyclic amines) is 1. The Morgan fingerprint density at radius 1 is 1.16 bits per heavy atom. The molecule has 1 aromatic heterocycles. The lowest BCUT2D eigenvalue weighted by atomic mass is 10.0. The fraction of sp³-hybridized carbons (Fsp3) is 0.440. The number of hydrogen-bond acceptors (Lipinski definition) is 5. The molecule has 32 heavy (non-hydrogen) atoms. The molecule has 3 aliphatic rings. The maximum absolute atomic E-state index is 12.9. The molecule has 1 N–H and O–H groups in total. The molecule has 3 amide bonds. The maximum atomic E-state index is 12.9. The van der Waals surface area contributed by atoms with E-state index in [0.717, 1.165) is 29.9 Å². The van der Waals surface area contributed by atoms with Crippen molar-refractivity contribution in [2.45, 2.75) is 64.2 Å². The first-order chi connectivity index (χ1) is 15.3. The van der Waals surface area contributed by atoms with Gasteiger partial charge in [-0.3, -0.25) is 29.6 Å². The molecule has 2 fully saturated rings. The van der Waals surface area contributed by atoms with Crippen LogP contribution in [0.5, 0.6) is 0 Å². The van der Waals surface area contributed by atoms with Crippen LogP contribution in [0.2, 0.25) is 0 Å². The minimum absolute atomic E-state index is 0.154. The normalized spacial score (nSPS) is 22.9. The molecule has 1 atom stereocenters. The SMILES string of the molecule is CC1(C)CCCN1Cc1ccnc(-c2ccc3c(c2)CN(C2CCC(=O)NC2=O)C3=O)c1. The number of pyridine rings is 1. The number of piperidine rings is 1. The molecule has 5 rings (SSSR count). The third-order valence-corrected chi connectivity index (χ3v) is 7.09. The lowest BCUT2D eigenvalue weighted by molar-refractivity contribution is -0.136. The standard InChI is InChI=1S/C25H28N4O3/c1-25(2)9-3-11-28(25)14-16-8-10-26-20(12-16)17-4-5-19-18(13-17)15-29(24(19)32)21-6-7-22(30)27-23(21)31/h4-5,8,10,12-13,21H,3,6-7,9,11,14-15H2,1-2H3,(H,27,30,31). The number of benzene rings is 1. The van der Waals surface area contributed by atoms with E-state index in [1.807, 2.05) is 24.4 Å². The fourth-order valence-electron chi connectivity index (χ4n) is 5.14. The molecule has 7 nitrogen and oxygen atoms in total. The second kappa shape index (κ2) is 7.81. The highest BCUT2D eigenvalue weighted by atomic mass is 16.2. The molecule has 166 valence electrons. The topological polar surface area (TPSA) is 82.6 Å². The van der Waals surface area contributed by atoms with Gasteiger partial charge >= 0.3 is 0 Å². The molecule has 0 spiro atoms. The van der Waals surface area contributed by atoms with E-state index in [1.54, 1.807) is 4.90 Å². The lowest BCUT2D eigenvalue weighted by Gasteiger charge is -2.31. The average Bonchev–Trinajstić information content (AvgIpc) is 3.26. The van der Waals surface area contributed by atoms with Crippen LogP contribution in [-0.4, -0.2) is 50.6 Å². The first-order valence-corrected chi connectivity index (χ1v) is 11.3. The van der Waals surface area contributed by atoms with Gasteiger partial charge in [0, 0.05) is 42.4 Å². The molecular formula is C25H28N4O3. The Bertz CT molecular complexity index is 1110. The van der Waals surface area contributed by atoms with Crippen molar-refractivity contribution in [3.8, 4) is 11.3 Å². The molecule has 0 aliphatic carbocycles. The first kappa shape index (κ1) is 20.8. The van der Waals surface area contributed by atoms with Crippen LogP contribution in [0.1, 0.15) is 61.0 Å². The van der Waals surface area contributed by atoms with Crippen molar-refractivity contribution in [2.24, 2.45) is 0 Å². The van der Waals surface area contributed by atoms with E-state index >= 15 is 0 Å². The fourth-order valence-corrected chi connectivity index (χ4v) is 5.14. The molecule has 0 radical (unpaired) electrons. The van der Waals surface area contributed by atoms with Crippen LogP contribution >= 0.6 is 0 Å². The summed E-state index contributed by atoms with van der Waals surface area (Å²) in [6.45, 7) is 6.98. The number of aromatic nitrogens is 1. The highest BCUT2D eigenvalue weighted by molar-refractivity contribution is 6.05. The van der Waals surface area contributed by atoms with Crippen molar-refractivity contribution in [3.05, 3.63) is 53.2 Å². The van der Waals surface area contributed by atoms with Crippen molar-refractivity contribution < 1.29 is 14.4 Å². The number of nitrogens with zero attached hydrogens (tertiary/aromatic N) is 3. The van der Waals surface area contributed by atoms with Gasteiger partial charge in [-0.2, -0.15) is 0 Å². The molecule has 0 saturated carbocycles. The van der Waals surface area contributed by atoms with E-state index in [-0.39, 0.29) is 29.7 Å². The van der Waals surface area contributed by atoms with Crippen molar-refractivity contribution in [1.82, 2.24) is 20.1 Å². The molecule has 3 aliphatic heterocycles. The van der Waals surface area contributed by atoms with Crippen LogP contribution in [0, 0.1) is 0 Å². The van der Waals surface area contributed by atoms with E-state index in [0.29, 0.717) is 18.5 Å². The minimum atomic E-state index is -0.596. The Morgan fingerprint density at radius 2 is 2.00 bits per heavy atom. The summed E-state index contributed by atoms with van der Waals surface area (Å²) in [5.74, 6) is -0.818. The van der Waals surface area contributed by atoms with E-state index in [2.05, 4.69) is 41.2 Å². The number of imide groups is 1.